The van der Waals surface area contributed by atoms with Gasteiger partial charge in [-0.05, 0) is 44.4 Å². The van der Waals surface area contributed by atoms with Crippen molar-refractivity contribution < 1.29 is 13.7 Å². The van der Waals surface area contributed by atoms with E-state index in [0.29, 0.717) is 21.9 Å². The summed E-state index contributed by atoms with van der Waals surface area (Å²) < 4.78 is 17.6. The topological polar surface area (TPSA) is 85.3 Å². The zero-order valence-corrected chi connectivity index (χ0v) is 17.9. The van der Waals surface area contributed by atoms with Crippen LogP contribution < -0.4 is 4.90 Å². The lowest BCUT2D eigenvalue weighted by Crippen LogP contribution is -2.31. The first-order valence-corrected chi connectivity index (χ1v) is 11.6. The van der Waals surface area contributed by atoms with Gasteiger partial charge in [-0.2, -0.15) is 0 Å². The molecule has 0 amide bonds. The zero-order chi connectivity index (χ0) is 21.1. The Balaban J connectivity index is 1.71. The number of esters is 1. The minimum absolute atomic E-state index is 0.291. The number of aromatic nitrogens is 3. The average molecular weight is 425 g/mol. The second-order valence-corrected chi connectivity index (χ2v) is 8.65. The molecule has 2 aromatic heterocycles. The van der Waals surface area contributed by atoms with E-state index in [0.717, 1.165) is 37.1 Å². The van der Waals surface area contributed by atoms with Crippen molar-refractivity contribution in [1.29, 1.82) is 0 Å². The summed E-state index contributed by atoms with van der Waals surface area (Å²) >= 11 is 0. The lowest BCUT2D eigenvalue weighted by atomic mass is 10.1. The Hall–Kier alpha value is -2.87. The fourth-order valence-electron chi connectivity index (χ4n) is 3.56. The maximum Gasteiger partial charge on any atom is 0.338 e. The second-order valence-electron chi connectivity index (χ2n) is 7.38. The maximum absolute atomic E-state index is 12.5. The van der Waals surface area contributed by atoms with Crippen LogP contribution in [-0.2, 0) is 15.5 Å². The van der Waals surface area contributed by atoms with Crippen LogP contribution >= 0.6 is 0 Å². The third-order valence-corrected chi connectivity index (χ3v) is 5.88. The number of piperidine rings is 1. The number of anilines is 1. The van der Waals surface area contributed by atoms with E-state index in [-0.39, 0.29) is 0 Å². The molecule has 156 valence electrons. The summed E-state index contributed by atoms with van der Waals surface area (Å²) in [6.45, 7) is 3.59. The van der Waals surface area contributed by atoms with E-state index in [1.54, 1.807) is 36.7 Å². The van der Waals surface area contributed by atoms with Crippen molar-refractivity contribution in [3.05, 3.63) is 53.9 Å². The van der Waals surface area contributed by atoms with Crippen LogP contribution in [0.3, 0.4) is 0 Å². The summed E-state index contributed by atoms with van der Waals surface area (Å²) in [4.78, 5) is 28.3. The molecule has 0 radical (unpaired) electrons. The molecular formula is C22H24N4O3S. The Morgan fingerprint density at radius 2 is 1.87 bits per heavy atom. The smallest absolute Gasteiger partial charge is 0.338 e. The van der Waals surface area contributed by atoms with Gasteiger partial charge in [0, 0.05) is 30.9 Å². The maximum atomic E-state index is 12.5. The van der Waals surface area contributed by atoms with Crippen molar-refractivity contribution in [2.45, 2.75) is 37.4 Å². The Kier molecular flexibility index (Phi) is 6.03. The Morgan fingerprint density at radius 3 is 2.57 bits per heavy atom. The summed E-state index contributed by atoms with van der Waals surface area (Å²) in [5.74, 6) is 0.344. The molecule has 0 aliphatic carbocycles. The van der Waals surface area contributed by atoms with Crippen molar-refractivity contribution in [2.24, 2.45) is 0 Å². The van der Waals surface area contributed by atoms with Gasteiger partial charge in [0.2, 0.25) is 5.16 Å². The molecule has 2 unspecified atom stereocenters. The third-order valence-electron chi connectivity index (χ3n) is 5.17. The Morgan fingerprint density at radius 1 is 1.13 bits per heavy atom. The highest BCUT2D eigenvalue weighted by Crippen LogP contribution is 2.30. The van der Waals surface area contributed by atoms with Gasteiger partial charge in [0.25, 0.3) is 0 Å². The van der Waals surface area contributed by atoms with Gasteiger partial charge >= 0.3 is 5.97 Å². The molecule has 1 aliphatic rings. The number of ether oxygens (including phenoxy) is 1. The number of carbonyl (C=O) groups is 1. The molecule has 7 nitrogen and oxygen atoms in total. The van der Waals surface area contributed by atoms with Crippen LogP contribution in [0.15, 0.2) is 47.8 Å². The first-order valence-electron chi connectivity index (χ1n) is 10.0. The molecule has 0 bridgehead atoms. The molecule has 3 heterocycles. The van der Waals surface area contributed by atoms with E-state index in [4.69, 9.17) is 9.72 Å². The molecule has 4 rings (SSSR count). The molecular weight excluding hydrogens is 400 g/mol. The van der Waals surface area contributed by atoms with Crippen LogP contribution in [0.5, 0.6) is 0 Å². The second kappa shape index (κ2) is 8.87. The number of pyridine rings is 1. The number of hydrogen-bond acceptors (Lipinski definition) is 7. The fraction of sp³-hybridized carbons (Fsp3) is 0.364. The summed E-state index contributed by atoms with van der Waals surface area (Å²) in [7, 11) is -1.28. The lowest BCUT2D eigenvalue weighted by Gasteiger charge is -2.29. The van der Waals surface area contributed by atoms with Crippen LogP contribution in [0.2, 0.25) is 0 Å². The van der Waals surface area contributed by atoms with Crippen LogP contribution in [0.1, 0.15) is 48.3 Å². The summed E-state index contributed by atoms with van der Waals surface area (Å²) in [6, 6.07) is 10.7. The van der Waals surface area contributed by atoms with Crippen molar-refractivity contribution in [1.82, 2.24) is 15.0 Å². The summed E-state index contributed by atoms with van der Waals surface area (Å²) in [5, 5.41) is 1.08. The number of carbonyl (C=O) groups excluding carboxylic acids is 1. The van der Waals surface area contributed by atoms with Crippen molar-refractivity contribution in [3.63, 3.8) is 0 Å². The highest BCUT2D eigenvalue weighted by atomic mass is 32.2. The van der Waals surface area contributed by atoms with E-state index in [2.05, 4.69) is 14.9 Å². The van der Waals surface area contributed by atoms with Crippen molar-refractivity contribution >= 4 is 33.5 Å². The fourth-order valence-corrected chi connectivity index (χ4v) is 3.98. The number of hydrogen-bond donors (Lipinski definition) is 0. The predicted octanol–water partition coefficient (Wildman–Crippen LogP) is 3.67. The predicted molar refractivity (Wildman–Crippen MR) is 116 cm³/mol. The summed E-state index contributed by atoms with van der Waals surface area (Å²) in [5.41, 5.74) is 1.82. The van der Waals surface area contributed by atoms with E-state index in [9.17, 15) is 9.00 Å². The van der Waals surface area contributed by atoms with E-state index >= 15 is 0 Å². The van der Waals surface area contributed by atoms with Crippen molar-refractivity contribution in [2.75, 3.05) is 24.2 Å². The average Bonchev–Trinajstić information content (AvgIpc) is 2.79. The standard InChI is InChI=1S/C22H24N4O3S/c1-15(29-21(27)16-9-5-3-6-10-16)18-13-17-14-23-22(30(2)28)25-19(17)20(24-18)26-11-7-4-8-12-26/h3,5-6,9-10,13-15H,4,7-8,11-12H2,1-2H3. The van der Waals surface area contributed by atoms with Crippen LogP contribution in [-0.4, -0.2) is 44.5 Å². The van der Waals surface area contributed by atoms with Crippen LogP contribution in [0.4, 0.5) is 5.82 Å². The Labute approximate surface area is 178 Å². The zero-order valence-electron chi connectivity index (χ0n) is 17.1. The highest BCUT2D eigenvalue weighted by Gasteiger charge is 2.22. The van der Waals surface area contributed by atoms with Crippen LogP contribution in [0.25, 0.3) is 10.9 Å². The largest absolute Gasteiger partial charge is 0.453 e. The SMILES string of the molecule is CC(OC(=O)c1ccccc1)c1cc2cnc(S(C)=O)nc2c(N2CCCCC2)n1. The number of fused-ring (bicyclic) bond motifs is 1. The van der Waals surface area contributed by atoms with Gasteiger partial charge in [-0.25, -0.2) is 19.7 Å². The van der Waals surface area contributed by atoms with Crippen molar-refractivity contribution in [3.8, 4) is 0 Å². The van der Waals surface area contributed by atoms with E-state index in [1.165, 1.54) is 6.42 Å². The quantitative estimate of drug-likeness (QED) is 0.456. The van der Waals surface area contributed by atoms with Gasteiger partial charge in [0.05, 0.1) is 22.1 Å². The molecule has 3 aromatic rings. The number of nitrogens with zero attached hydrogens (tertiary/aromatic N) is 4. The molecule has 1 aromatic carbocycles. The van der Waals surface area contributed by atoms with E-state index in [1.807, 2.05) is 19.1 Å². The normalized spacial score (nSPS) is 16.3. The molecule has 1 saturated heterocycles. The van der Waals surface area contributed by atoms with Gasteiger partial charge in [-0.15, -0.1) is 0 Å². The van der Waals surface area contributed by atoms with Gasteiger partial charge in [0.1, 0.15) is 11.6 Å². The van der Waals surface area contributed by atoms with Gasteiger partial charge in [0.15, 0.2) is 5.82 Å². The third kappa shape index (κ3) is 4.33. The molecule has 0 spiro atoms. The van der Waals surface area contributed by atoms with E-state index < -0.39 is 22.9 Å². The summed E-state index contributed by atoms with van der Waals surface area (Å²) in [6.07, 6.45) is 6.06. The van der Waals surface area contributed by atoms with Gasteiger partial charge < -0.3 is 9.64 Å². The first kappa shape index (κ1) is 20.4. The first-order chi connectivity index (χ1) is 14.5. The molecule has 1 fully saturated rings. The monoisotopic (exact) mass is 424 g/mol. The molecule has 1 aliphatic heterocycles. The molecule has 30 heavy (non-hydrogen) atoms. The number of benzene rings is 1. The molecule has 0 N–H and O–H groups in total. The molecule has 2 atom stereocenters. The van der Waals surface area contributed by atoms with Crippen LogP contribution in [0, 0.1) is 0 Å². The highest BCUT2D eigenvalue weighted by molar-refractivity contribution is 7.84. The molecule has 8 heteroatoms. The Bertz CT molecular complexity index is 1080. The molecule has 0 saturated carbocycles. The minimum atomic E-state index is -1.28. The van der Waals surface area contributed by atoms with Gasteiger partial charge in [-0.3, -0.25) is 4.21 Å². The number of rotatable bonds is 5. The lowest BCUT2D eigenvalue weighted by molar-refractivity contribution is 0.0329. The minimum Gasteiger partial charge on any atom is -0.453 e. The van der Waals surface area contributed by atoms with Gasteiger partial charge in [-0.1, -0.05) is 18.2 Å².